The minimum atomic E-state index is 0.194. The van der Waals surface area contributed by atoms with Crippen molar-refractivity contribution < 1.29 is 0 Å². The molecule has 2 aromatic rings. The lowest BCUT2D eigenvalue weighted by Crippen LogP contribution is -2.29. The molecule has 20 heavy (non-hydrogen) atoms. The second kappa shape index (κ2) is 5.25. The van der Waals surface area contributed by atoms with Crippen molar-refractivity contribution >= 4 is 22.7 Å². The zero-order valence-corrected chi connectivity index (χ0v) is 12.8. The van der Waals surface area contributed by atoms with Crippen LogP contribution in [0.1, 0.15) is 33.8 Å². The molecule has 1 aliphatic heterocycles. The summed E-state index contributed by atoms with van der Waals surface area (Å²) in [6.07, 6.45) is 2.00. The highest BCUT2D eigenvalue weighted by Gasteiger charge is 2.23. The van der Waals surface area contributed by atoms with Gasteiger partial charge >= 0.3 is 0 Å². The van der Waals surface area contributed by atoms with E-state index in [1.54, 1.807) is 0 Å². The van der Waals surface area contributed by atoms with Gasteiger partial charge in [-0.25, -0.2) is 4.99 Å². The maximum Gasteiger partial charge on any atom is 0.0991 e. The third-order valence-electron chi connectivity index (χ3n) is 3.56. The molecule has 0 spiro atoms. The summed E-state index contributed by atoms with van der Waals surface area (Å²) in [4.78, 5) is 7.17. The van der Waals surface area contributed by atoms with Crippen LogP contribution in [0.5, 0.6) is 0 Å². The topological polar surface area (TPSA) is 24.4 Å². The van der Waals surface area contributed by atoms with E-state index in [1.165, 1.54) is 26.5 Å². The molecule has 1 aromatic carbocycles. The van der Waals surface area contributed by atoms with Crippen molar-refractivity contribution in [1.82, 2.24) is 5.32 Å². The number of thiophene rings is 1. The monoisotopic (exact) mass is 282 g/mol. The third kappa shape index (κ3) is 2.41. The number of nitrogens with one attached hydrogen (secondary N) is 1. The Hall–Kier alpha value is -1.87. The van der Waals surface area contributed by atoms with E-state index in [2.05, 4.69) is 54.5 Å². The molecule has 0 fully saturated rings. The highest BCUT2D eigenvalue weighted by Crippen LogP contribution is 2.36. The average molecular weight is 282 g/mol. The molecule has 102 valence electrons. The highest BCUT2D eigenvalue weighted by atomic mass is 32.1. The Bertz CT molecular complexity index is 680. The Kier molecular flexibility index (Phi) is 3.45. The maximum atomic E-state index is 4.45. The van der Waals surface area contributed by atoms with Crippen molar-refractivity contribution in [1.29, 1.82) is 0 Å². The van der Waals surface area contributed by atoms with E-state index in [0.29, 0.717) is 0 Å². The molecule has 2 nitrogen and oxygen atoms in total. The predicted octanol–water partition coefficient (Wildman–Crippen LogP) is 4.47. The summed E-state index contributed by atoms with van der Waals surface area (Å²) in [7, 11) is 0. The van der Waals surface area contributed by atoms with Crippen LogP contribution in [0.15, 0.2) is 47.6 Å². The Balaban J connectivity index is 2.07. The number of hydrogen-bond donors (Lipinski definition) is 1. The molecular formula is C17H18N2S. The standard InChI is InChI=1S/C17H18N2S/c1-11-9-15(12(2)20-11)17-16(10-18-13(3)19-17)14-7-5-4-6-8-14/h4-10,17H,1-3H3,(H,18,19). The van der Waals surface area contributed by atoms with Crippen LogP contribution in [0.3, 0.4) is 0 Å². The molecule has 1 aliphatic rings. The van der Waals surface area contributed by atoms with Gasteiger partial charge in [0.2, 0.25) is 0 Å². The first kappa shape index (κ1) is 13.1. The molecule has 0 aliphatic carbocycles. The van der Waals surface area contributed by atoms with Crippen LogP contribution in [0.25, 0.3) is 5.57 Å². The molecule has 1 unspecified atom stereocenters. The van der Waals surface area contributed by atoms with Gasteiger partial charge in [-0.2, -0.15) is 0 Å². The van der Waals surface area contributed by atoms with E-state index in [9.17, 15) is 0 Å². The summed E-state index contributed by atoms with van der Waals surface area (Å²) in [5.74, 6) is 0.970. The second-order valence-electron chi connectivity index (χ2n) is 5.11. The van der Waals surface area contributed by atoms with Crippen molar-refractivity contribution in [2.45, 2.75) is 26.8 Å². The Morgan fingerprint density at radius 1 is 1.10 bits per heavy atom. The number of aliphatic imine (C=N–C) groups is 1. The van der Waals surface area contributed by atoms with Crippen molar-refractivity contribution in [3.63, 3.8) is 0 Å². The largest absolute Gasteiger partial charge is 0.363 e. The Morgan fingerprint density at radius 2 is 1.85 bits per heavy atom. The van der Waals surface area contributed by atoms with Crippen LogP contribution in [0, 0.1) is 13.8 Å². The van der Waals surface area contributed by atoms with E-state index in [1.807, 2.05) is 30.5 Å². The van der Waals surface area contributed by atoms with E-state index in [0.717, 1.165) is 5.84 Å². The van der Waals surface area contributed by atoms with E-state index in [-0.39, 0.29) is 6.04 Å². The van der Waals surface area contributed by atoms with Crippen LogP contribution in [0.2, 0.25) is 0 Å². The Labute approximate surface area is 123 Å². The van der Waals surface area contributed by atoms with Crippen LogP contribution in [-0.4, -0.2) is 5.84 Å². The second-order valence-corrected chi connectivity index (χ2v) is 6.57. The van der Waals surface area contributed by atoms with Crippen LogP contribution in [-0.2, 0) is 0 Å². The van der Waals surface area contributed by atoms with Gasteiger partial charge in [0.05, 0.1) is 11.9 Å². The number of amidine groups is 1. The van der Waals surface area contributed by atoms with Crippen molar-refractivity contribution in [3.8, 4) is 0 Å². The summed E-state index contributed by atoms with van der Waals surface area (Å²) in [5.41, 5.74) is 3.82. The van der Waals surface area contributed by atoms with Gasteiger partial charge in [0.25, 0.3) is 0 Å². The molecule has 3 heteroatoms. The molecule has 3 rings (SSSR count). The fourth-order valence-electron chi connectivity index (χ4n) is 2.62. The van der Waals surface area contributed by atoms with Crippen molar-refractivity contribution in [2.24, 2.45) is 4.99 Å². The lowest BCUT2D eigenvalue weighted by atomic mass is 9.93. The molecule has 1 atom stereocenters. The fourth-order valence-corrected chi connectivity index (χ4v) is 3.58. The quantitative estimate of drug-likeness (QED) is 0.863. The average Bonchev–Trinajstić information content (AvgIpc) is 2.78. The van der Waals surface area contributed by atoms with Crippen LogP contribution >= 0.6 is 11.3 Å². The number of rotatable bonds is 2. The van der Waals surface area contributed by atoms with Crippen LogP contribution < -0.4 is 5.32 Å². The molecule has 1 N–H and O–H groups in total. The number of aryl methyl sites for hydroxylation is 2. The van der Waals surface area contributed by atoms with Gasteiger partial charge in [0.1, 0.15) is 0 Å². The highest BCUT2D eigenvalue weighted by molar-refractivity contribution is 7.12. The fraction of sp³-hybridized carbons (Fsp3) is 0.235. The van der Waals surface area contributed by atoms with Crippen molar-refractivity contribution in [2.75, 3.05) is 0 Å². The minimum Gasteiger partial charge on any atom is -0.363 e. The van der Waals surface area contributed by atoms with Gasteiger partial charge in [0.15, 0.2) is 0 Å². The van der Waals surface area contributed by atoms with Gasteiger partial charge in [-0.05, 0) is 38.0 Å². The maximum absolute atomic E-state index is 4.45. The number of benzene rings is 1. The molecule has 0 amide bonds. The zero-order valence-electron chi connectivity index (χ0n) is 12.0. The number of nitrogens with zero attached hydrogens (tertiary/aromatic N) is 1. The van der Waals surface area contributed by atoms with Gasteiger partial charge in [-0.3, -0.25) is 0 Å². The smallest absolute Gasteiger partial charge is 0.0991 e. The Morgan fingerprint density at radius 3 is 2.50 bits per heavy atom. The SMILES string of the molecule is CC1=NC=C(c2ccccc2)C(c2cc(C)sc2C)N1. The molecule has 1 aromatic heterocycles. The molecule has 0 bridgehead atoms. The van der Waals surface area contributed by atoms with E-state index >= 15 is 0 Å². The van der Waals surface area contributed by atoms with Gasteiger partial charge in [-0.15, -0.1) is 11.3 Å². The molecule has 0 saturated carbocycles. The van der Waals surface area contributed by atoms with Crippen molar-refractivity contribution in [3.05, 3.63) is 63.5 Å². The van der Waals surface area contributed by atoms with Gasteiger partial charge < -0.3 is 5.32 Å². The first-order valence-electron chi connectivity index (χ1n) is 6.78. The third-order valence-corrected chi connectivity index (χ3v) is 4.54. The molecule has 0 saturated heterocycles. The summed E-state index contributed by atoms with van der Waals surface area (Å²) in [6.45, 7) is 6.37. The predicted molar refractivity (Wildman–Crippen MR) is 87.2 cm³/mol. The molecular weight excluding hydrogens is 264 g/mol. The normalized spacial score (nSPS) is 18.2. The summed E-state index contributed by atoms with van der Waals surface area (Å²) < 4.78 is 0. The van der Waals surface area contributed by atoms with E-state index in [4.69, 9.17) is 0 Å². The van der Waals surface area contributed by atoms with Gasteiger partial charge in [0, 0.05) is 21.5 Å². The van der Waals surface area contributed by atoms with E-state index < -0.39 is 0 Å². The lowest BCUT2D eigenvalue weighted by molar-refractivity contribution is 0.790. The summed E-state index contributed by atoms with van der Waals surface area (Å²) >= 11 is 1.85. The van der Waals surface area contributed by atoms with Gasteiger partial charge in [-0.1, -0.05) is 30.3 Å². The first-order valence-corrected chi connectivity index (χ1v) is 7.60. The zero-order chi connectivity index (χ0) is 14.1. The van der Waals surface area contributed by atoms with Crippen LogP contribution in [0.4, 0.5) is 0 Å². The summed E-state index contributed by atoms with van der Waals surface area (Å²) in [5, 5.41) is 3.52. The minimum absolute atomic E-state index is 0.194. The first-order chi connectivity index (χ1) is 9.65. The lowest BCUT2D eigenvalue weighted by Gasteiger charge is -2.26. The number of hydrogen-bond acceptors (Lipinski definition) is 3. The molecule has 0 radical (unpaired) electrons. The summed E-state index contributed by atoms with van der Waals surface area (Å²) in [6, 6.07) is 13.0. The molecule has 2 heterocycles.